The van der Waals surface area contributed by atoms with Crippen molar-refractivity contribution < 1.29 is 14.7 Å². The third-order valence-corrected chi connectivity index (χ3v) is 5.03. The summed E-state index contributed by atoms with van der Waals surface area (Å²) in [6.07, 6.45) is 18.0. The van der Waals surface area contributed by atoms with Gasteiger partial charge in [-0.3, -0.25) is 9.59 Å². The van der Waals surface area contributed by atoms with Crippen LogP contribution in [0.5, 0.6) is 0 Å². The van der Waals surface area contributed by atoms with Crippen molar-refractivity contribution in [1.29, 1.82) is 0 Å². The maximum Gasteiger partial charge on any atom is 0.277 e. The van der Waals surface area contributed by atoms with E-state index in [2.05, 4.69) is 17.2 Å². The molecule has 1 aliphatic heterocycles. The first-order chi connectivity index (χ1) is 13.1. The maximum atomic E-state index is 12.1. The van der Waals surface area contributed by atoms with Crippen LogP contribution in [-0.2, 0) is 9.59 Å². The summed E-state index contributed by atoms with van der Waals surface area (Å²) in [5, 5.41) is 13.2. The average molecular weight is 373 g/mol. The van der Waals surface area contributed by atoms with Gasteiger partial charge >= 0.3 is 0 Å². The van der Waals surface area contributed by atoms with Crippen LogP contribution in [0, 0.1) is 5.92 Å². The Morgan fingerprint density at radius 1 is 1.07 bits per heavy atom. The number of unbranched alkanes of at least 4 members (excludes halogenated alkanes) is 8. The molecule has 0 radical (unpaired) electrons. The standard InChI is InChI=1S/C22H32N2O3/c1-2-3-4-5-6-7-8-9-12-15-23-20(25)16-18-21(26)17-13-10-11-14-19(17)24-22(18)27/h10-11,13-14,17,26H,2-9,12,15-16H2,1H3,(H,23,25). The minimum Gasteiger partial charge on any atom is -0.511 e. The molecule has 1 atom stereocenters. The van der Waals surface area contributed by atoms with E-state index in [1.54, 1.807) is 24.3 Å². The monoisotopic (exact) mass is 372 g/mol. The van der Waals surface area contributed by atoms with E-state index in [0.717, 1.165) is 12.8 Å². The molecule has 0 aromatic carbocycles. The number of allylic oxidation sites excluding steroid dienone is 4. The van der Waals surface area contributed by atoms with Crippen molar-refractivity contribution in [2.75, 3.05) is 6.54 Å². The molecule has 5 heteroatoms. The van der Waals surface area contributed by atoms with Gasteiger partial charge in [0.1, 0.15) is 5.76 Å². The summed E-state index contributed by atoms with van der Waals surface area (Å²) < 4.78 is 0. The Balaban J connectivity index is 1.62. The summed E-state index contributed by atoms with van der Waals surface area (Å²) in [6.45, 7) is 2.84. The zero-order valence-corrected chi connectivity index (χ0v) is 16.4. The molecule has 5 nitrogen and oxygen atoms in total. The van der Waals surface area contributed by atoms with Gasteiger partial charge in [0.15, 0.2) is 0 Å². The number of rotatable bonds is 12. The van der Waals surface area contributed by atoms with Crippen molar-refractivity contribution >= 4 is 17.5 Å². The van der Waals surface area contributed by atoms with Gasteiger partial charge in [-0.1, -0.05) is 76.5 Å². The van der Waals surface area contributed by atoms with Crippen LogP contribution in [0.4, 0.5) is 0 Å². The highest BCUT2D eigenvalue weighted by Crippen LogP contribution is 2.27. The van der Waals surface area contributed by atoms with E-state index < -0.39 is 11.8 Å². The minimum absolute atomic E-state index is 0.0520. The molecular formula is C22H32N2O3. The van der Waals surface area contributed by atoms with Crippen LogP contribution in [0.1, 0.15) is 71.1 Å². The Bertz CT molecular complexity index is 644. The first-order valence-electron chi connectivity index (χ1n) is 10.3. The van der Waals surface area contributed by atoms with Crippen LogP contribution in [0.2, 0.25) is 0 Å². The molecule has 0 aromatic heterocycles. The van der Waals surface area contributed by atoms with Crippen molar-refractivity contribution in [3.05, 3.63) is 35.6 Å². The number of hydrogen-bond donors (Lipinski definition) is 2. The highest BCUT2D eigenvalue weighted by Gasteiger charge is 2.30. The largest absolute Gasteiger partial charge is 0.511 e. The predicted octanol–water partition coefficient (Wildman–Crippen LogP) is 4.56. The van der Waals surface area contributed by atoms with Gasteiger partial charge in [-0.25, -0.2) is 4.99 Å². The second kappa shape index (κ2) is 11.5. The third kappa shape index (κ3) is 6.81. The molecule has 0 bridgehead atoms. The number of aliphatic imine (C=N–C) groups is 1. The molecule has 148 valence electrons. The van der Waals surface area contributed by atoms with Crippen LogP contribution in [0.15, 0.2) is 40.6 Å². The molecular weight excluding hydrogens is 340 g/mol. The smallest absolute Gasteiger partial charge is 0.277 e. The second-order valence-electron chi connectivity index (χ2n) is 7.28. The number of fused-ring (bicyclic) bond motifs is 1. The molecule has 0 fully saturated rings. The van der Waals surface area contributed by atoms with Crippen LogP contribution in [0.3, 0.4) is 0 Å². The van der Waals surface area contributed by atoms with E-state index in [1.807, 2.05) is 0 Å². The molecule has 1 unspecified atom stereocenters. The van der Waals surface area contributed by atoms with Crippen LogP contribution < -0.4 is 5.32 Å². The van der Waals surface area contributed by atoms with Gasteiger partial charge in [0.05, 0.1) is 23.6 Å². The third-order valence-electron chi connectivity index (χ3n) is 5.03. The lowest BCUT2D eigenvalue weighted by atomic mass is 9.89. The van der Waals surface area contributed by atoms with Gasteiger partial charge in [-0.15, -0.1) is 0 Å². The summed E-state index contributed by atoms with van der Waals surface area (Å²) in [6, 6.07) is 0. The molecule has 1 aliphatic carbocycles. The Morgan fingerprint density at radius 3 is 2.44 bits per heavy atom. The van der Waals surface area contributed by atoms with Gasteiger partial charge in [0, 0.05) is 6.54 Å². The van der Waals surface area contributed by atoms with Crippen molar-refractivity contribution in [2.24, 2.45) is 10.9 Å². The van der Waals surface area contributed by atoms with Gasteiger partial charge in [-0.05, 0) is 12.5 Å². The van der Waals surface area contributed by atoms with E-state index >= 15 is 0 Å². The Labute approximate surface area is 162 Å². The SMILES string of the molecule is CCCCCCCCCCCNC(=O)CC1=C(O)C2C=CC=CC2=NC1=O. The summed E-state index contributed by atoms with van der Waals surface area (Å²) in [4.78, 5) is 28.2. The normalized spacial score (nSPS) is 18.5. The van der Waals surface area contributed by atoms with Crippen molar-refractivity contribution in [3.63, 3.8) is 0 Å². The fourth-order valence-electron chi connectivity index (χ4n) is 3.40. The topological polar surface area (TPSA) is 78.8 Å². The Morgan fingerprint density at radius 2 is 1.74 bits per heavy atom. The maximum absolute atomic E-state index is 12.1. The highest BCUT2D eigenvalue weighted by atomic mass is 16.3. The van der Waals surface area contributed by atoms with Crippen molar-refractivity contribution in [2.45, 2.75) is 71.1 Å². The molecule has 2 N–H and O–H groups in total. The quantitative estimate of drug-likeness (QED) is 0.493. The predicted molar refractivity (Wildman–Crippen MR) is 109 cm³/mol. The molecule has 2 rings (SSSR count). The van der Waals surface area contributed by atoms with Crippen molar-refractivity contribution in [3.8, 4) is 0 Å². The number of nitrogens with one attached hydrogen (secondary N) is 1. The minimum atomic E-state index is -0.517. The van der Waals surface area contributed by atoms with E-state index in [4.69, 9.17) is 0 Å². The average Bonchev–Trinajstić information content (AvgIpc) is 2.66. The number of hydrogen-bond acceptors (Lipinski definition) is 3. The van der Waals surface area contributed by atoms with E-state index in [-0.39, 0.29) is 23.7 Å². The lowest BCUT2D eigenvalue weighted by molar-refractivity contribution is -0.122. The molecule has 1 heterocycles. The Hall–Kier alpha value is -2.17. The molecule has 2 amide bonds. The summed E-state index contributed by atoms with van der Waals surface area (Å²) in [5.41, 5.74) is 0.632. The van der Waals surface area contributed by atoms with Crippen LogP contribution in [0.25, 0.3) is 0 Å². The lowest BCUT2D eigenvalue weighted by Gasteiger charge is -2.21. The van der Waals surface area contributed by atoms with E-state index in [0.29, 0.717) is 12.3 Å². The fraction of sp³-hybridized carbons (Fsp3) is 0.591. The number of nitrogens with zero attached hydrogens (tertiary/aromatic N) is 1. The molecule has 0 saturated heterocycles. The molecule has 0 spiro atoms. The van der Waals surface area contributed by atoms with Gasteiger partial charge in [-0.2, -0.15) is 0 Å². The fourth-order valence-corrected chi connectivity index (χ4v) is 3.40. The second-order valence-corrected chi connectivity index (χ2v) is 7.28. The molecule has 27 heavy (non-hydrogen) atoms. The summed E-state index contributed by atoms with van der Waals surface area (Å²) in [5.74, 6) is -1.22. The zero-order chi connectivity index (χ0) is 19.5. The number of carbonyl (C=O) groups is 2. The van der Waals surface area contributed by atoms with Crippen LogP contribution in [-0.4, -0.2) is 29.2 Å². The number of aliphatic hydroxyl groups excluding tert-OH is 1. The molecule has 0 aromatic rings. The van der Waals surface area contributed by atoms with E-state index in [9.17, 15) is 14.7 Å². The van der Waals surface area contributed by atoms with E-state index in [1.165, 1.54) is 44.9 Å². The number of aliphatic hydroxyl groups is 1. The Kier molecular flexibility index (Phi) is 9.02. The summed E-state index contributed by atoms with van der Waals surface area (Å²) in [7, 11) is 0. The first kappa shape index (κ1) is 21.1. The lowest BCUT2D eigenvalue weighted by Crippen LogP contribution is -2.30. The van der Waals surface area contributed by atoms with Gasteiger partial charge < -0.3 is 10.4 Å². The molecule has 0 saturated carbocycles. The first-order valence-corrected chi connectivity index (χ1v) is 10.3. The number of dihydropyridines is 1. The van der Waals surface area contributed by atoms with Gasteiger partial charge in [0.25, 0.3) is 5.91 Å². The van der Waals surface area contributed by atoms with Gasteiger partial charge in [0.2, 0.25) is 5.91 Å². The van der Waals surface area contributed by atoms with Crippen molar-refractivity contribution in [1.82, 2.24) is 5.32 Å². The van der Waals surface area contributed by atoms with Crippen LogP contribution >= 0.6 is 0 Å². The summed E-state index contributed by atoms with van der Waals surface area (Å²) >= 11 is 0. The zero-order valence-electron chi connectivity index (χ0n) is 16.4. The number of amides is 2. The number of carbonyl (C=O) groups excluding carboxylic acids is 2. The highest BCUT2D eigenvalue weighted by molar-refractivity contribution is 6.14. The molecule has 2 aliphatic rings.